The molecule has 0 fully saturated rings. The number of nitrogens with zero attached hydrogens (tertiary/aromatic N) is 3. The van der Waals surface area contributed by atoms with Crippen molar-refractivity contribution in [2.45, 2.75) is 6.42 Å². The first kappa shape index (κ1) is 17.9. The van der Waals surface area contributed by atoms with Gasteiger partial charge in [-0.2, -0.15) is 5.10 Å². The highest BCUT2D eigenvalue weighted by molar-refractivity contribution is 8.12. The molecule has 0 radical (unpaired) electrons. The van der Waals surface area contributed by atoms with Gasteiger partial charge in [0.2, 0.25) is 0 Å². The molecule has 0 bridgehead atoms. The second kappa shape index (κ2) is 7.60. The molecular formula is C21H15N5OS. The molecular weight excluding hydrogens is 370 g/mol. The third kappa shape index (κ3) is 3.62. The number of nitrogens with one attached hydrogen (secondary N) is 2. The van der Waals surface area contributed by atoms with Gasteiger partial charge in [-0.05, 0) is 48.0 Å². The minimum atomic E-state index is 0.124. The zero-order valence-electron chi connectivity index (χ0n) is 14.7. The summed E-state index contributed by atoms with van der Waals surface area (Å²) >= 11 is 1.27. The van der Waals surface area contributed by atoms with Crippen LogP contribution in [0, 0.1) is 10.8 Å². The van der Waals surface area contributed by atoms with E-state index >= 15 is 0 Å². The van der Waals surface area contributed by atoms with Gasteiger partial charge in [-0.1, -0.05) is 23.9 Å². The Labute approximate surface area is 165 Å². The number of benzene rings is 1. The molecule has 0 saturated carbocycles. The standard InChI is InChI=1S/C21H15N5OS/c22-20-9-8-18(19-5-1-4-16(13-27)28-19)25-26(20)21(23)12-14-6-7-17-15(11-14)3-2-10-24-17/h1-3,5-11,13,22-23H,12H2. The van der Waals surface area contributed by atoms with Crippen LogP contribution in [0.25, 0.3) is 15.8 Å². The maximum atomic E-state index is 11.0. The van der Waals surface area contributed by atoms with E-state index in [4.69, 9.17) is 10.8 Å². The molecule has 1 aliphatic rings. The Morgan fingerprint density at radius 2 is 2.14 bits per heavy atom. The third-order valence-electron chi connectivity index (χ3n) is 4.17. The SMILES string of the molecule is N=C(Cc1ccc2ncccc2c1)n1nc(C2=CC=C=C(C=O)S2)ccc1=N. The van der Waals surface area contributed by atoms with E-state index in [-0.39, 0.29) is 11.3 Å². The quantitative estimate of drug-likeness (QED) is 0.312. The van der Waals surface area contributed by atoms with Crippen molar-refractivity contribution in [3.8, 4) is 0 Å². The molecule has 0 unspecified atom stereocenters. The van der Waals surface area contributed by atoms with Crippen molar-refractivity contribution in [1.82, 2.24) is 14.8 Å². The van der Waals surface area contributed by atoms with Crippen LogP contribution in [0.3, 0.4) is 0 Å². The Morgan fingerprint density at radius 3 is 3.00 bits per heavy atom. The van der Waals surface area contributed by atoms with Crippen LogP contribution < -0.4 is 5.49 Å². The Bertz CT molecular complexity index is 1270. The minimum absolute atomic E-state index is 0.124. The van der Waals surface area contributed by atoms with Crippen LogP contribution >= 0.6 is 11.8 Å². The lowest BCUT2D eigenvalue weighted by Crippen LogP contribution is -2.30. The van der Waals surface area contributed by atoms with Crippen LogP contribution in [0.1, 0.15) is 11.3 Å². The van der Waals surface area contributed by atoms with Crippen LogP contribution in [0.5, 0.6) is 0 Å². The monoisotopic (exact) mass is 385 g/mol. The van der Waals surface area contributed by atoms with Gasteiger partial charge in [0.05, 0.1) is 16.1 Å². The van der Waals surface area contributed by atoms with Gasteiger partial charge < -0.3 is 0 Å². The maximum Gasteiger partial charge on any atom is 0.164 e. The highest BCUT2D eigenvalue weighted by Gasteiger charge is 2.12. The van der Waals surface area contributed by atoms with Crippen molar-refractivity contribution in [3.63, 3.8) is 0 Å². The Balaban J connectivity index is 1.62. The number of rotatable bonds is 4. The van der Waals surface area contributed by atoms with Gasteiger partial charge in [-0.15, -0.1) is 5.73 Å². The van der Waals surface area contributed by atoms with Crippen molar-refractivity contribution in [1.29, 1.82) is 10.8 Å². The van der Waals surface area contributed by atoms with Crippen LogP contribution in [-0.4, -0.2) is 26.9 Å². The topological polar surface area (TPSA) is 95.5 Å². The molecule has 2 N–H and O–H groups in total. The lowest BCUT2D eigenvalue weighted by molar-refractivity contribution is -0.104. The second-order valence-corrected chi connectivity index (χ2v) is 7.18. The summed E-state index contributed by atoms with van der Waals surface area (Å²) in [6.07, 6.45) is 6.32. The minimum Gasteiger partial charge on any atom is -0.297 e. The highest BCUT2D eigenvalue weighted by Crippen LogP contribution is 2.32. The fourth-order valence-electron chi connectivity index (χ4n) is 2.84. The fraction of sp³-hybridized carbons (Fsp3) is 0.0476. The number of hydrogen-bond acceptors (Lipinski definition) is 6. The van der Waals surface area contributed by atoms with Gasteiger partial charge in [-0.25, -0.2) is 4.68 Å². The summed E-state index contributed by atoms with van der Waals surface area (Å²) in [5.74, 6) is 0.193. The molecule has 4 rings (SSSR count). The molecule has 0 atom stereocenters. The molecule has 3 aromatic rings. The number of carbonyl (C=O) groups is 1. The van der Waals surface area contributed by atoms with Crippen molar-refractivity contribution < 1.29 is 4.79 Å². The smallest absolute Gasteiger partial charge is 0.164 e. The van der Waals surface area contributed by atoms with E-state index in [2.05, 4.69) is 15.8 Å². The molecule has 3 heterocycles. The summed E-state index contributed by atoms with van der Waals surface area (Å²) in [4.78, 5) is 16.6. The van der Waals surface area contributed by atoms with E-state index in [0.717, 1.165) is 27.7 Å². The van der Waals surface area contributed by atoms with Gasteiger partial charge in [0.15, 0.2) is 6.29 Å². The zero-order valence-corrected chi connectivity index (χ0v) is 15.5. The molecule has 1 aromatic carbocycles. The van der Waals surface area contributed by atoms with Crippen LogP contribution in [0.4, 0.5) is 0 Å². The third-order valence-corrected chi connectivity index (χ3v) is 5.17. The normalized spacial score (nSPS) is 13.1. The first-order valence-electron chi connectivity index (χ1n) is 8.51. The highest BCUT2D eigenvalue weighted by atomic mass is 32.2. The van der Waals surface area contributed by atoms with E-state index in [1.54, 1.807) is 24.4 Å². The summed E-state index contributed by atoms with van der Waals surface area (Å²) in [5, 5.41) is 22.0. The van der Waals surface area contributed by atoms with E-state index in [1.165, 1.54) is 16.4 Å². The second-order valence-electron chi connectivity index (χ2n) is 6.10. The molecule has 28 heavy (non-hydrogen) atoms. The van der Waals surface area contributed by atoms with Crippen molar-refractivity contribution in [2.75, 3.05) is 0 Å². The van der Waals surface area contributed by atoms with Gasteiger partial charge in [0.1, 0.15) is 11.3 Å². The van der Waals surface area contributed by atoms with Crippen LogP contribution in [0.15, 0.2) is 71.4 Å². The average Bonchev–Trinajstić information content (AvgIpc) is 2.74. The van der Waals surface area contributed by atoms with Gasteiger partial charge in [0, 0.05) is 22.9 Å². The molecule has 0 aliphatic carbocycles. The number of fused-ring (bicyclic) bond motifs is 1. The summed E-state index contributed by atoms with van der Waals surface area (Å²) < 4.78 is 1.31. The van der Waals surface area contributed by atoms with Gasteiger partial charge in [0.25, 0.3) is 0 Å². The van der Waals surface area contributed by atoms with E-state index in [0.29, 0.717) is 17.0 Å². The number of allylic oxidation sites excluding steroid dienone is 2. The zero-order chi connectivity index (χ0) is 19.5. The predicted octanol–water partition coefficient (Wildman–Crippen LogP) is 3.30. The summed E-state index contributed by atoms with van der Waals surface area (Å²) in [5.41, 5.74) is 5.43. The lowest BCUT2D eigenvalue weighted by Gasteiger charge is -2.12. The first-order chi connectivity index (χ1) is 13.6. The summed E-state index contributed by atoms with van der Waals surface area (Å²) in [6.45, 7) is 0. The number of pyridine rings is 1. The largest absolute Gasteiger partial charge is 0.297 e. The lowest BCUT2D eigenvalue weighted by atomic mass is 10.1. The molecule has 6 nitrogen and oxygen atoms in total. The van der Waals surface area contributed by atoms with Gasteiger partial charge >= 0.3 is 0 Å². The number of carbonyl (C=O) groups excluding carboxylic acids is 1. The number of thioether (sulfide) groups is 1. The molecule has 136 valence electrons. The van der Waals surface area contributed by atoms with Crippen molar-refractivity contribution in [3.05, 3.63) is 88.2 Å². The Kier molecular flexibility index (Phi) is 4.85. The summed E-state index contributed by atoms with van der Waals surface area (Å²) in [7, 11) is 0. The maximum absolute atomic E-state index is 11.0. The number of aromatic nitrogens is 3. The Morgan fingerprint density at radius 1 is 1.25 bits per heavy atom. The van der Waals surface area contributed by atoms with E-state index in [1.807, 2.05) is 36.4 Å². The average molecular weight is 385 g/mol. The molecule has 2 aromatic heterocycles. The fourth-order valence-corrected chi connectivity index (χ4v) is 3.60. The van der Waals surface area contributed by atoms with Crippen molar-refractivity contribution in [2.24, 2.45) is 0 Å². The van der Waals surface area contributed by atoms with E-state index < -0.39 is 0 Å². The van der Waals surface area contributed by atoms with E-state index in [9.17, 15) is 4.79 Å². The molecule has 7 heteroatoms. The first-order valence-corrected chi connectivity index (χ1v) is 9.32. The van der Waals surface area contributed by atoms with Crippen molar-refractivity contribution >= 4 is 39.7 Å². The molecule has 1 aliphatic heterocycles. The molecule has 0 amide bonds. The molecule has 0 saturated heterocycles. The molecule has 0 spiro atoms. The van der Waals surface area contributed by atoms with Gasteiger partial charge in [-0.3, -0.25) is 20.6 Å². The predicted molar refractivity (Wildman–Crippen MR) is 110 cm³/mol. The van der Waals surface area contributed by atoms with Crippen LogP contribution in [-0.2, 0) is 11.2 Å². The summed E-state index contributed by atoms with van der Waals surface area (Å²) in [6, 6.07) is 13.0. The number of aldehydes is 1. The number of hydrogen-bond donors (Lipinski definition) is 2. The van der Waals surface area contributed by atoms with Crippen LogP contribution in [0.2, 0.25) is 0 Å². The Hall–Kier alpha value is -3.54.